The van der Waals surface area contributed by atoms with Crippen molar-refractivity contribution in [2.45, 2.75) is 58.8 Å². The summed E-state index contributed by atoms with van der Waals surface area (Å²) in [4.78, 5) is 24.5. The van der Waals surface area contributed by atoms with Crippen molar-refractivity contribution in [3.63, 3.8) is 0 Å². The van der Waals surface area contributed by atoms with Gasteiger partial charge in [0.2, 0.25) is 0 Å². The molecule has 0 aromatic heterocycles. The first-order valence-corrected chi connectivity index (χ1v) is 9.30. The number of hydrogen-bond donors (Lipinski definition) is 0. The van der Waals surface area contributed by atoms with E-state index >= 15 is 0 Å². The standard InChI is InChI=1S/C21H28O2/c1-4-13-11-18(23)21(3)10-8-17-16(19(13)21)6-5-14-12-15(22)7-9-20(14,17)2/h4,12-13,16-17,19H,1,5-11H2,2-3H3/t13-,16+,17-,19-,20-,21+/m0/s1. The van der Waals surface area contributed by atoms with Crippen LogP contribution in [0.15, 0.2) is 24.3 Å². The highest BCUT2D eigenvalue weighted by Crippen LogP contribution is 2.65. The first-order valence-electron chi connectivity index (χ1n) is 9.30. The summed E-state index contributed by atoms with van der Waals surface area (Å²) in [6.07, 6.45) is 10.8. The van der Waals surface area contributed by atoms with Crippen molar-refractivity contribution >= 4 is 11.6 Å². The highest BCUT2D eigenvalue weighted by molar-refractivity contribution is 5.91. The summed E-state index contributed by atoms with van der Waals surface area (Å²) >= 11 is 0. The van der Waals surface area contributed by atoms with E-state index in [4.69, 9.17) is 0 Å². The molecule has 0 amide bonds. The predicted molar refractivity (Wildman–Crippen MR) is 90.8 cm³/mol. The van der Waals surface area contributed by atoms with E-state index in [1.807, 2.05) is 12.2 Å². The molecule has 0 aromatic rings. The monoisotopic (exact) mass is 312 g/mol. The first-order chi connectivity index (χ1) is 10.9. The molecule has 4 aliphatic rings. The molecule has 0 bridgehead atoms. The Hall–Kier alpha value is -1.18. The lowest BCUT2D eigenvalue weighted by Gasteiger charge is -2.57. The molecule has 0 aromatic carbocycles. The summed E-state index contributed by atoms with van der Waals surface area (Å²) in [6.45, 7) is 8.65. The second-order valence-electron chi connectivity index (χ2n) is 8.87. The molecule has 6 atom stereocenters. The lowest BCUT2D eigenvalue weighted by Crippen LogP contribution is -2.51. The van der Waals surface area contributed by atoms with E-state index in [0.717, 1.165) is 32.1 Å². The molecule has 4 rings (SSSR count). The number of ketones is 2. The van der Waals surface area contributed by atoms with Crippen molar-refractivity contribution in [3.05, 3.63) is 24.3 Å². The second-order valence-corrected chi connectivity index (χ2v) is 8.87. The van der Waals surface area contributed by atoms with Gasteiger partial charge in [0.15, 0.2) is 5.78 Å². The van der Waals surface area contributed by atoms with Crippen molar-refractivity contribution < 1.29 is 9.59 Å². The predicted octanol–water partition coefficient (Wildman–Crippen LogP) is 4.50. The molecule has 3 fully saturated rings. The fourth-order valence-corrected chi connectivity index (χ4v) is 6.73. The zero-order valence-corrected chi connectivity index (χ0v) is 14.4. The van der Waals surface area contributed by atoms with Gasteiger partial charge in [-0.15, -0.1) is 6.58 Å². The van der Waals surface area contributed by atoms with Gasteiger partial charge in [-0.25, -0.2) is 0 Å². The molecule has 2 nitrogen and oxygen atoms in total. The lowest BCUT2D eigenvalue weighted by molar-refractivity contribution is -0.132. The number of carbonyl (C=O) groups excluding carboxylic acids is 2. The molecule has 23 heavy (non-hydrogen) atoms. The molecule has 2 heteroatoms. The Morgan fingerprint density at radius 2 is 1.91 bits per heavy atom. The number of Topliss-reactive ketones (excluding diaryl/α,β-unsaturated/α-hetero) is 1. The van der Waals surface area contributed by atoms with Crippen LogP contribution in [0.3, 0.4) is 0 Å². The van der Waals surface area contributed by atoms with Crippen molar-refractivity contribution in [2.75, 3.05) is 0 Å². The molecule has 0 unspecified atom stereocenters. The first kappa shape index (κ1) is 15.4. The van der Waals surface area contributed by atoms with Crippen LogP contribution in [0.1, 0.15) is 58.8 Å². The van der Waals surface area contributed by atoms with Gasteiger partial charge in [-0.05, 0) is 67.3 Å². The third kappa shape index (κ3) is 1.93. The smallest absolute Gasteiger partial charge is 0.155 e. The van der Waals surface area contributed by atoms with Crippen LogP contribution in [-0.2, 0) is 9.59 Å². The van der Waals surface area contributed by atoms with Gasteiger partial charge in [-0.2, -0.15) is 0 Å². The van der Waals surface area contributed by atoms with Gasteiger partial charge < -0.3 is 0 Å². The van der Waals surface area contributed by atoms with E-state index in [0.29, 0.717) is 48.1 Å². The Morgan fingerprint density at radius 3 is 2.65 bits per heavy atom. The van der Waals surface area contributed by atoms with Crippen LogP contribution in [0.2, 0.25) is 0 Å². The molecule has 124 valence electrons. The maximum Gasteiger partial charge on any atom is 0.155 e. The molecule has 4 aliphatic carbocycles. The van der Waals surface area contributed by atoms with E-state index < -0.39 is 0 Å². The largest absolute Gasteiger partial charge is 0.299 e. The van der Waals surface area contributed by atoms with Gasteiger partial charge in [-0.1, -0.05) is 25.5 Å². The van der Waals surface area contributed by atoms with Crippen LogP contribution >= 0.6 is 0 Å². The molecule has 3 saturated carbocycles. The number of fused-ring (bicyclic) bond motifs is 5. The summed E-state index contributed by atoms with van der Waals surface area (Å²) in [5.41, 5.74) is 1.47. The molecule has 0 radical (unpaired) electrons. The van der Waals surface area contributed by atoms with Crippen molar-refractivity contribution in [2.24, 2.45) is 34.5 Å². The summed E-state index contributed by atoms with van der Waals surface area (Å²) in [5, 5.41) is 0. The molecule has 0 N–H and O–H groups in total. The summed E-state index contributed by atoms with van der Waals surface area (Å²) in [6, 6.07) is 0. The maximum atomic E-state index is 12.7. The molecular weight excluding hydrogens is 284 g/mol. The number of carbonyl (C=O) groups is 2. The van der Waals surface area contributed by atoms with E-state index in [9.17, 15) is 9.59 Å². The third-order valence-corrected chi connectivity index (χ3v) is 8.04. The number of hydrogen-bond acceptors (Lipinski definition) is 2. The minimum atomic E-state index is -0.123. The molecule has 0 spiro atoms. The highest BCUT2D eigenvalue weighted by Gasteiger charge is 2.61. The van der Waals surface area contributed by atoms with E-state index in [2.05, 4.69) is 20.4 Å². The Labute approximate surface area is 139 Å². The van der Waals surface area contributed by atoms with Gasteiger partial charge in [0, 0.05) is 18.3 Å². The van der Waals surface area contributed by atoms with Crippen molar-refractivity contribution in [1.82, 2.24) is 0 Å². The van der Waals surface area contributed by atoms with Crippen molar-refractivity contribution in [3.8, 4) is 0 Å². The van der Waals surface area contributed by atoms with Crippen LogP contribution in [-0.4, -0.2) is 11.6 Å². The van der Waals surface area contributed by atoms with Crippen LogP contribution < -0.4 is 0 Å². The van der Waals surface area contributed by atoms with Gasteiger partial charge in [0.05, 0.1) is 0 Å². The normalized spacial score (nSPS) is 49.0. The molecule has 0 saturated heterocycles. The third-order valence-electron chi connectivity index (χ3n) is 8.04. The Balaban J connectivity index is 1.74. The Kier molecular flexibility index (Phi) is 3.28. The highest BCUT2D eigenvalue weighted by atomic mass is 16.1. The minimum absolute atomic E-state index is 0.123. The van der Waals surface area contributed by atoms with Gasteiger partial charge in [-0.3, -0.25) is 9.59 Å². The lowest BCUT2D eigenvalue weighted by atomic mass is 9.46. The topological polar surface area (TPSA) is 34.1 Å². The zero-order valence-electron chi connectivity index (χ0n) is 14.4. The van der Waals surface area contributed by atoms with Gasteiger partial charge in [0.25, 0.3) is 0 Å². The van der Waals surface area contributed by atoms with Crippen molar-refractivity contribution in [1.29, 1.82) is 0 Å². The van der Waals surface area contributed by atoms with Crippen LogP contribution in [0, 0.1) is 34.5 Å². The zero-order chi connectivity index (χ0) is 16.4. The quantitative estimate of drug-likeness (QED) is 0.668. The number of allylic oxidation sites excluding steroid dienone is 2. The fourth-order valence-electron chi connectivity index (χ4n) is 6.73. The van der Waals surface area contributed by atoms with E-state index in [1.54, 1.807) is 0 Å². The molecule has 0 heterocycles. The van der Waals surface area contributed by atoms with E-state index in [1.165, 1.54) is 5.57 Å². The Morgan fingerprint density at radius 1 is 1.13 bits per heavy atom. The SMILES string of the molecule is C=C[C@H]1CC(=O)[C@@]2(C)CC[C@H]3[C@@H](CCC4=CC(=O)CC[C@@]43C)[C@H]12. The summed E-state index contributed by atoms with van der Waals surface area (Å²) in [5.74, 6) is 2.88. The average Bonchev–Trinajstić information content (AvgIpc) is 2.79. The van der Waals surface area contributed by atoms with Gasteiger partial charge in [0.1, 0.15) is 5.78 Å². The maximum absolute atomic E-state index is 12.7. The molecule has 0 aliphatic heterocycles. The van der Waals surface area contributed by atoms with Crippen LogP contribution in [0.4, 0.5) is 0 Å². The Bertz CT molecular complexity index is 615. The average molecular weight is 312 g/mol. The molecular formula is C21H28O2. The van der Waals surface area contributed by atoms with Gasteiger partial charge >= 0.3 is 0 Å². The second kappa shape index (κ2) is 4.91. The number of rotatable bonds is 1. The van der Waals surface area contributed by atoms with E-state index in [-0.39, 0.29) is 10.8 Å². The minimum Gasteiger partial charge on any atom is -0.299 e. The summed E-state index contributed by atoms with van der Waals surface area (Å²) in [7, 11) is 0. The van der Waals surface area contributed by atoms with Crippen LogP contribution in [0.5, 0.6) is 0 Å². The van der Waals surface area contributed by atoms with Crippen LogP contribution in [0.25, 0.3) is 0 Å². The fraction of sp³-hybridized carbons (Fsp3) is 0.714. The summed E-state index contributed by atoms with van der Waals surface area (Å²) < 4.78 is 0.